The fourth-order valence-electron chi connectivity index (χ4n) is 6.96. The van der Waals surface area contributed by atoms with Crippen LogP contribution < -0.4 is 15.9 Å². The highest BCUT2D eigenvalue weighted by molar-refractivity contribution is 7.86. The summed E-state index contributed by atoms with van der Waals surface area (Å²) >= 11 is 0. The molecule has 3 heteroatoms. The minimum absolute atomic E-state index is 0.879. The molecule has 2 heterocycles. The van der Waals surface area contributed by atoms with Crippen molar-refractivity contribution in [3.05, 3.63) is 158 Å². The van der Waals surface area contributed by atoms with Crippen LogP contribution in [0, 0.1) is 0 Å². The van der Waals surface area contributed by atoms with E-state index in [2.05, 4.69) is 132 Å². The summed E-state index contributed by atoms with van der Waals surface area (Å²) in [6.45, 7) is 0. The Kier molecular flexibility index (Phi) is 5.21. The van der Waals surface area contributed by atoms with Crippen LogP contribution in [0.1, 0.15) is 0 Å². The van der Waals surface area contributed by atoms with E-state index in [1.165, 1.54) is 11.1 Å². The second-order valence-corrected chi connectivity index (χ2v) is 14.0. The van der Waals surface area contributed by atoms with Crippen LogP contribution in [0.2, 0.25) is 0 Å². The molecule has 9 rings (SSSR count). The number of fused-ring (bicyclic) bond motifs is 7. The highest BCUT2D eigenvalue weighted by Gasteiger charge is 2.41. The van der Waals surface area contributed by atoms with E-state index in [0.717, 1.165) is 65.3 Å². The summed E-state index contributed by atoms with van der Waals surface area (Å²) in [5, 5.41) is 7.29. The van der Waals surface area contributed by atoms with Gasteiger partial charge in [-0.3, -0.25) is 0 Å². The van der Waals surface area contributed by atoms with Crippen molar-refractivity contribution in [2.75, 3.05) is 0 Å². The zero-order valence-electron chi connectivity index (χ0n) is 23.3. The van der Waals surface area contributed by atoms with Gasteiger partial charge in [0.15, 0.2) is 7.14 Å². The van der Waals surface area contributed by atoms with Gasteiger partial charge in [-0.05, 0) is 75.5 Å². The Morgan fingerprint density at radius 1 is 0.442 bits per heavy atom. The van der Waals surface area contributed by atoms with Gasteiger partial charge < -0.3 is 9.13 Å². The van der Waals surface area contributed by atoms with E-state index in [0.29, 0.717) is 0 Å². The second kappa shape index (κ2) is 9.16. The topological polar surface area (TPSA) is 22.0 Å². The molecule has 43 heavy (non-hydrogen) atoms. The van der Waals surface area contributed by atoms with Gasteiger partial charge in [0.25, 0.3) is 0 Å². The quantitative estimate of drug-likeness (QED) is 0.195. The minimum Gasteiger partial charge on any atom is -0.309 e. The molecule has 1 aromatic heterocycles. The molecule has 8 aromatic rings. The lowest BCUT2D eigenvalue weighted by atomic mass is 10.00. The van der Waals surface area contributed by atoms with Gasteiger partial charge in [0, 0.05) is 32.4 Å². The van der Waals surface area contributed by atoms with E-state index in [4.69, 9.17) is 0 Å². The van der Waals surface area contributed by atoms with Gasteiger partial charge >= 0.3 is 0 Å². The predicted octanol–water partition coefficient (Wildman–Crippen LogP) is 9.22. The third-order valence-corrected chi connectivity index (χ3v) is 12.1. The van der Waals surface area contributed by atoms with Gasteiger partial charge in [0.1, 0.15) is 0 Å². The van der Waals surface area contributed by atoms with Crippen molar-refractivity contribution in [3.63, 3.8) is 0 Å². The highest BCUT2D eigenvalue weighted by atomic mass is 31.2. The molecule has 0 saturated heterocycles. The van der Waals surface area contributed by atoms with Crippen molar-refractivity contribution >= 4 is 55.6 Å². The average molecular weight is 568 g/mol. The molecular weight excluding hydrogens is 541 g/mol. The summed E-state index contributed by atoms with van der Waals surface area (Å²) in [5.74, 6) is 0. The van der Waals surface area contributed by atoms with Crippen LogP contribution in [0.5, 0.6) is 0 Å². The fourth-order valence-corrected chi connectivity index (χ4v) is 10.1. The minimum atomic E-state index is -3.11. The Labute approximate surface area is 249 Å². The van der Waals surface area contributed by atoms with E-state index in [1.807, 2.05) is 30.3 Å². The number of rotatable bonds is 3. The highest BCUT2D eigenvalue weighted by Crippen LogP contribution is 2.54. The summed E-state index contributed by atoms with van der Waals surface area (Å²) in [7, 11) is -3.11. The standard InChI is InChI=1S/C40H26NOP/c42-43(32-18-5-2-6-19-32)39-24-30-15-8-7-14-29(30)23-35(39)36-25-38-34(26-40(36)43)33-20-9-10-21-37(33)41(38)31-17-11-16-28(22-31)27-12-3-1-4-13-27/h1-26H. The lowest BCUT2D eigenvalue weighted by Gasteiger charge is -2.16. The molecular formula is C40H26NOP. The summed E-state index contributed by atoms with van der Waals surface area (Å²) in [6.07, 6.45) is 0. The molecule has 0 aliphatic carbocycles. The van der Waals surface area contributed by atoms with Gasteiger partial charge in [0.2, 0.25) is 0 Å². The summed E-state index contributed by atoms with van der Waals surface area (Å²) in [4.78, 5) is 0. The molecule has 202 valence electrons. The van der Waals surface area contributed by atoms with Crippen LogP contribution in [0.3, 0.4) is 0 Å². The maximum absolute atomic E-state index is 15.6. The maximum Gasteiger partial charge on any atom is 0.172 e. The van der Waals surface area contributed by atoms with E-state index in [1.54, 1.807) is 0 Å². The number of hydrogen-bond donors (Lipinski definition) is 0. The second-order valence-electron chi connectivity index (χ2n) is 11.3. The molecule has 1 aliphatic rings. The van der Waals surface area contributed by atoms with Gasteiger partial charge in [-0.15, -0.1) is 0 Å². The number of hydrogen-bond acceptors (Lipinski definition) is 1. The molecule has 0 radical (unpaired) electrons. The first kappa shape index (κ1) is 24.4. The molecule has 0 fully saturated rings. The van der Waals surface area contributed by atoms with E-state index >= 15 is 4.57 Å². The van der Waals surface area contributed by atoms with Crippen molar-refractivity contribution in [2.24, 2.45) is 0 Å². The molecule has 1 aliphatic heterocycles. The van der Waals surface area contributed by atoms with Crippen molar-refractivity contribution in [1.29, 1.82) is 0 Å². The fraction of sp³-hybridized carbons (Fsp3) is 0. The van der Waals surface area contributed by atoms with Crippen molar-refractivity contribution in [2.45, 2.75) is 0 Å². The van der Waals surface area contributed by atoms with Crippen LogP contribution in [-0.2, 0) is 4.57 Å². The van der Waals surface area contributed by atoms with Crippen molar-refractivity contribution in [3.8, 4) is 27.9 Å². The molecule has 0 bridgehead atoms. The van der Waals surface area contributed by atoms with E-state index < -0.39 is 7.14 Å². The molecule has 1 unspecified atom stereocenters. The molecule has 1 atom stereocenters. The number of benzene rings is 7. The lowest BCUT2D eigenvalue weighted by molar-refractivity contribution is 0.593. The van der Waals surface area contributed by atoms with E-state index in [-0.39, 0.29) is 0 Å². The number of aromatic nitrogens is 1. The lowest BCUT2D eigenvalue weighted by Crippen LogP contribution is -2.20. The first-order chi connectivity index (χ1) is 21.2. The van der Waals surface area contributed by atoms with Crippen molar-refractivity contribution in [1.82, 2.24) is 4.57 Å². The number of nitrogens with zero attached hydrogens (tertiary/aromatic N) is 1. The molecule has 0 amide bonds. The van der Waals surface area contributed by atoms with Crippen LogP contribution in [-0.4, -0.2) is 4.57 Å². The Morgan fingerprint density at radius 3 is 1.88 bits per heavy atom. The summed E-state index contributed by atoms with van der Waals surface area (Å²) in [6, 6.07) is 55.2. The van der Waals surface area contributed by atoms with Crippen LogP contribution in [0.25, 0.3) is 60.5 Å². The zero-order chi connectivity index (χ0) is 28.5. The maximum atomic E-state index is 15.6. The van der Waals surface area contributed by atoms with Gasteiger partial charge in [-0.25, -0.2) is 0 Å². The summed E-state index contributed by atoms with van der Waals surface area (Å²) in [5.41, 5.74) is 7.86. The van der Waals surface area contributed by atoms with Gasteiger partial charge in [0.05, 0.1) is 11.0 Å². The normalized spacial score (nSPS) is 15.6. The van der Waals surface area contributed by atoms with Crippen LogP contribution >= 0.6 is 7.14 Å². The SMILES string of the molecule is O=P1(c2ccccc2)c2cc3ccccc3cc2-c2cc3c(cc21)c1ccccc1n3-c1cccc(-c2ccccc2)c1. The Bertz CT molecular complexity index is 2420. The molecule has 2 nitrogen and oxygen atoms in total. The van der Waals surface area contributed by atoms with Crippen LogP contribution in [0.4, 0.5) is 0 Å². The molecule has 7 aromatic carbocycles. The Hall–Kier alpha value is -5.17. The molecule has 0 saturated carbocycles. The smallest absolute Gasteiger partial charge is 0.172 e. The third-order valence-electron chi connectivity index (χ3n) is 8.95. The largest absolute Gasteiger partial charge is 0.309 e. The third kappa shape index (κ3) is 3.51. The first-order valence-corrected chi connectivity index (χ1v) is 16.3. The monoisotopic (exact) mass is 567 g/mol. The Morgan fingerprint density at radius 2 is 1.07 bits per heavy atom. The average Bonchev–Trinajstić information content (AvgIpc) is 3.53. The molecule has 0 spiro atoms. The number of para-hydroxylation sites is 1. The Balaban J connectivity index is 1.38. The van der Waals surface area contributed by atoms with Gasteiger partial charge in [-0.2, -0.15) is 0 Å². The van der Waals surface area contributed by atoms with Crippen molar-refractivity contribution < 1.29 is 4.57 Å². The van der Waals surface area contributed by atoms with Crippen LogP contribution in [0.15, 0.2) is 158 Å². The predicted molar refractivity (Wildman–Crippen MR) is 182 cm³/mol. The first-order valence-electron chi connectivity index (χ1n) is 14.6. The van der Waals surface area contributed by atoms with E-state index in [9.17, 15) is 0 Å². The molecule has 0 N–H and O–H groups in total. The zero-order valence-corrected chi connectivity index (χ0v) is 24.2. The summed E-state index contributed by atoms with van der Waals surface area (Å²) < 4.78 is 17.9. The van der Waals surface area contributed by atoms with Gasteiger partial charge in [-0.1, -0.05) is 115 Å².